The van der Waals surface area contributed by atoms with Crippen molar-refractivity contribution in [3.63, 3.8) is 0 Å². The van der Waals surface area contributed by atoms with Crippen LogP contribution in [0.15, 0.2) is 18.2 Å². The fourth-order valence-corrected chi connectivity index (χ4v) is 5.00. The average molecular weight is 435 g/mol. The second-order valence-corrected chi connectivity index (χ2v) is 9.20. The number of hydrogen-bond donors (Lipinski definition) is 0. The van der Waals surface area contributed by atoms with Gasteiger partial charge in [-0.25, -0.2) is 0 Å². The van der Waals surface area contributed by atoms with Crippen molar-refractivity contribution in [3.05, 3.63) is 29.3 Å². The number of piperidine rings is 1. The third-order valence-electron chi connectivity index (χ3n) is 6.96. The molecule has 4 rings (SSSR count). The molecule has 0 radical (unpaired) electrons. The molecular formula is C23H28F3N3O2. The zero-order valence-electron chi connectivity index (χ0n) is 17.7. The lowest BCUT2D eigenvalue weighted by atomic mass is 9.74. The zero-order valence-corrected chi connectivity index (χ0v) is 17.7. The van der Waals surface area contributed by atoms with Crippen molar-refractivity contribution in [3.8, 4) is 6.07 Å². The SMILES string of the molecule is CCC(=O)N1CC[C@H]2CN(c3ccc(C#N)c(C(F)(F)F)c3)C[C@@]2(COCC2CC2)C1. The first-order valence-electron chi connectivity index (χ1n) is 11.0. The van der Waals surface area contributed by atoms with Gasteiger partial charge < -0.3 is 14.5 Å². The molecule has 5 nitrogen and oxygen atoms in total. The molecule has 168 valence electrons. The molecule has 1 amide bonds. The second kappa shape index (κ2) is 8.34. The molecule has 31 heavy (non-hydrogen) atoms. The number of carbonyl (C=O) groups excluding carboxylic acids is 1. The summed E-state index contributed by atoms with van der Waals surface area (Å²) in [5.41, 5.74) is -1.08. The van der Waals surface area contributed by atoms with Crippen molar-refractivity contribution >= 4 is 11.6 Å². The predicted octanol–water partition coefficient (Wildman–Crippen LogP) is 4.07. The Bertz CT molecular complexity index is 878. The Labute approximate surface area is 180 Å². The topological polar surface area (TPSA) is 56.6 Å². The molecule has 2 heterocycles. The lowest BCUT2D eigenvalue weighted by Crippen LogP contribution is -2.53. The number of likely N-dealkylation sites (tertiary alicyclic amines) is 1. The minimum absolute atomic E-state index is 0.108. The van der Waals surface area contributed by atoms with Gasteiger partial charge in [0.25, 0.3) is 0 Å². The number of nitriles is 1. The van der Waals surface area contributed by atoms with E-state index in [1.807, 2.05) is 16.7 Å². The van der Waals surface area contributed by atoms with E-state index in [2.05, 4.69) is 0 Å². The van der Waals surface area contributed by atoms with Gasteiger partial charge in [-0.2, -0.15) is 18.4 Å². The number of anilines is 1. The number of nitrogens with zero attached hydrogens (tertiary/aromatic N) is 3. The van der Waals surface area contributed by atoms with Gasteiger partial charge in [0.1, 0.15) is 0 Å². The van der Waals surface area contributed by atoms with Crippen LogP contribution in [0.5, 0.6) is 0 Å². The number of fused-ring (bicyclic) bond motifs is 1. The standard InChI is InChI=1S/C23H28F3N3O2/c1-2-21(30)28-8-7-18-11-29(14-22(18,13-28)15-31-12-16-3-4-16)19-6-5-17(10-27)20(9-19)23(24,25)26/h5-6,9,16,18H,2-4,7-8,11-15H2,1H3/t18-,22+/m0/s1. The molecule has 2 aliphatic heterocycles. The Balaban J connectivity index is 1.59. The summed E-state index contributed by atoms with van der Waals surface area (Å²) in [6.07, 6.45) is -0.943. The average Bonchev–Trinajstić information content (AvgIpc) is 3.49. The summed E-state index contributed by atoms with van der Waals surface area (Å²) in [5.74, 6) is 0.978. The Morgan fingerprint density at radius 2 is 2.06 bits per heavy atom. The quantitative estimate of drug-likeness (QED) is 0.676. The molecule has 3 fully saturated rings. The van der Waals surface area contributed by atoms with E-state index in [4.69, 9.17) is 10.00 Å². The fourth-order valence-electron chi connectivity index (χ4n) is 5.00. The normalized spacial score (nSPS) is 26.0. The number of alkyl halides is 3. The monoisotopic (exact) mass is 435 g/mol. The molecule has 2 atom stereocenters. The largest absolute Gasteiger partial charge is 0.417 e. The Hall–Kier alpha value is -2.27. The molecule has 1 aromatic carbocycles. The Morgan fingerprint density at radius 1 is 1.29 bits per heavy atom. The summed E-state index contributed by atoms with van der Waals surface area (Å²) < 4.78 is 46.5. The molecule has 1 saturated carbocycles. The van der Waals surface area contributed by atoms with Crippen LogP contribution in [0.3, 0.4) is 0 Å². The van der Waals surface area contributed by atoms with Gasteiger partial charge in [0.15, 0.2) is 0 Å². The van der Waals surface area contributed by atoms with Gasteiger partial charge in [-0.1, -0.05) is 6.92 Å². The molecule has 2 saturated heterocycles. The van der Waals surface area contributed by atoms with E-state index in [0.717, 1.165) is 12.5 Å². The van der Waals surface area contributed by atoms with E-state index in [9.17, 15) is 18.0 Å². The van der Waals surface area contributed by atoms with Crippen LogP contribution in [-0.4, -0.2) is 50.2 Å². The molecule has 0 unspecified atom stereocenters. The van der Waals surface area contributed by atoms with Crippen molar-refractivity contribution in [1.29, 1.82) is 5.26 Å². The van der Waals surface area contributed by atoms with Crippen LogP contribution in [-0.2, 0) is 15.7 Å². The third kappa shape index (κ3) is 4.52. The van der Waals surface area contributed by atoms with Crippen LogP contribution >= 0.6 is 0 Å². The summed E-state index contributed by atoms with van der Waals surface area (Å²) >= 11 is 0. The van der Waals surface area contributed by atoms with Gasteiger partial charge >= 0.3 is 6.18 Å². The number of hydrogen-bond acceptors (Lipinski definition) is 4. The highest BCUT2D eigenvalue weighted by Crippen LogP contribution is 2.45. The zero-order chi connectivity index (χ0) is 22.2. The minimum atomic E-state index is -4.58. The highest BCUT2D eigenvalue weighted by molar-refractivity contribution is 5.76. The molecule has 3 aliphatic rings. The molecule has 8 heteroatoms. The van der Waals surface area contributed by atoms with E-state index in [1.54, 1.807) is 12.1 Å². The van der Waals surface area contributed by atoms with Gasteiger partial charge in [-0.05, 0) is 49.3 Å². The number of amides is 1. The van der Waals surface area contributed by atoms with Gasteiger partial charge in [0.2, 0.25) is 5.91 Å². The maximum absolute atomic E-state index is 13.5. The fraction of sp³-hybridized carbons (Fsp3) is 0.652. The van der Waals surface area contributed by atoms with Crippen LogP contribution in [0.2, 0.25) is 0 Å². The van der Waals surface area contributed by atoms with E-state index < -0.39 is 11.7 Å². The van der Waals surface area contributed by atoms with E-state index in [-0.39, 0.29) is 22.8 Å². The maximum Gasteiger partial charge on any atom is 0.417 e. The van der Waals surface area contributed by atoms with Gasteiger partial charge in [-0.15, -0.1) is 0 Å². The Morgan fingerprint density at radius 3 is 2.71 bits per heavy atom. The van der Waals surface area contributed by atoms with E-state index in [0.29, 0.717) is 57.4 Å². The van der Waals surface area contributed by atoms with Crippen LogP contribution in [0, 0.1) is 28.6 Å². The highest BCUT2D eigenvalue weighted by Gasteiger charge is 2.51. The molecular weight excluding hydrogens is 407 g/mol. The summed E-state index contributed by atoms with van der Waals surface area (Å²) in [6.45, 7) is 5.50. The van der Waals surface area contributed by atoms with Gasteiger partial charge in [0.05, 0.1) is 23.8 Å². The van der Waals surface area contributed by atoms with Crippen LogP contribution < -0.4 is 4.90 Å². The maximum atomic E-state index is 13.5. The van der Waals surface area contributed by atoms with Crippen molar-refractivity contribution in [2.24, 2.45) is 17.3 Å². The van der Waals surface area contributed by atoms with E-state index >= 15 is 0 Å². The summed E-state index contributed by atoms with van der Waals surface area (Å²) in [5, 5.41) is 9.08. The van der Waals surface area contributed by atoms with Gasteiger partial charge in [0, 0.05) is 50.3 Å². The molecule has 1 aromatic rings. The summed E-state index contributed by atoms with van der Waals surface area (Å²) in [6, 6.07) is 5.58. The molecule has 0 aromatic heterocycles. The molecule has 0 N–H and O–H groups in total. The van der Waals surface area contributed by atoms with Crippen molar-refractivity contribution < 1.29 is 22.7 Å². The third-order valence-corrected chi connectivity index (χ3v) is 6.96. The number of carbonyl (C=O) groups is 1. The summed E-state index contributed by atoms with van der Waals surface area (Å²) in [4.78, 5) is 16.2. The smallest absolute Gasteiger partial charge is 0.380 e. The molecule has 0 spiro atoms. The van der Waals surface area contributed by atoms with Gasteiger partial charge in [-0.3, -0.25) is 4.79 Å². The van der Waals surface area contributed by atoms with Crippen LogP contribution in [0.4, 0.5) is 18.9 Å². The van der Waals surface area contributed by atoms with Crippen molar-refractivity contribution in [2.75, 3.05) is 44.3 Å². The number of ether oxygens (including phenoxy) is 1. The van der Waals surface area contributed by atoms with Crippen LogP contribution in [0.1, 0.15) is 43.7 Å². The lowest BCUT2D eigenvalue weighted by molar-refractivity contribution is -0.138. The summed E-state index contributed by atoms with van der Waals surface area (Å²) in [7, 11) is 0. The number of halogens is 3. The minimum Gasteiger partial charge on any atom is -0.380 e. The molecule has 0 bridgehead atoms. The predicted molar refractivity (Wildman–Crippen MR) is 109 cm³/mol. The molecule has 1 aliphatic carbocycles. The van der Waals surface area contributed by atoms with Crippen LogP contribution in [0.25, 0.3) is 0 Å². The highest BCUT2D eigenvalue weighted by atomic mass is 19.4. The first-order chi connectivity index (χ1) is 14.8. The second-order valence-electron chi connectivity index (χ2n) is 9.20. The lowest BCUT2D eigenvalue weighted by Gasteiger charge is -2.44. The first-order valence-corrected chi connectivity index (χ1v) is 11.0. The van der Waals surface area contributed by atoms with Crippen molar-refractivity contribution in [1.82, 2.24) is 4.90 Å². The number of rotatable bonds is 6. The number of benzene rings is 1. The first kappa shape index (κ1) is 21.9. The Kier molecular flexibility index (Phi) is 5.91. The van der Waals surface area contributed by atoms with E-state index in [1.165, 1.54) is 18.9 Å². The van der Waals surface area contributed by atoms with Crippen molar-refractivity contribution in [2.45, 2.75) is 38.8 Å².